The van der Waals surface area contributed by atoms with E-state index in [1.807, 2.05) is 30.3 Å². The molecule has 7 heteroatoms. The number of nitrogens with zero attached hydrogens (tertiary/aromatic N) is 4. The molecule has 1 aliphatic heterocycles. The van der Waals surface area contributed by atoms with Gasteiger partial charge >= 0.3 is 6.01 Å². The number of nitrogens with one attached hydrogen (secondary N) is 1. The maximum atomic E-state index is 5.63. The number of rotatable bonds is 4. The van der Waals surface area contributed by atoms with E-state index in [9.17, 15) is 0 Å². The van der Waals surface area contributed by atoms with Crippen LogP contribution in [0.2, 0.25) is 0 Å². The van der Waals surface area contributed by atoms with Crippen LogP contribution in [0.3, 0.4) is 0 Å². The molecular formula is C12H15N5O2. The van der Waals surface area contributed by atoms with Gasteiger partial charge in [-0.15, -0.1) is 0 Å². The minimum absolute atomic E-state index is 0.0367. The summed E-state index contributed by atoms with van der Waals surface area (Å²) in [5, 5.41) is 14.7. The van der Waals surface area contributed by atoms with E-state index in [0.29, 0.717) is 19.2 Å². The molecule has 1 N–H and O–H groups in total. The zero-order valence-electron chi connectivity index (χ0n) is 10.4. The molecule has 2 heterocycles. The van der Waals surface area contributed by atoms with E-state index in [1.165, 1.54) is 0 Å². The molecular weight excluding hydrogens is 246 g/mol. The van der Waals surface area contributed by atoms with Crippen molar-refractivity contribution in [2.45, 2.75) is 6.10 Å². The molecule has 1 aromatic carbocycles. The molecule has 1 aliphatic rings. The third-order valence-electron chi connectivity index (χ3n) is 2.84. The van der Waals surface area contributed by atoms with Crippen LogP contribution in [0, 0.1) is 0 Å². The van der Waals surface area contributed by atoms with Gasteiger partial charge in [-0.1, -0.05) is 23.3 Å². The highest BCUT2D eigenvalue weighted by Gasteiger charge is 2.16. The fourth-order valence-electron chi connectivity index (χ4n) is 1.89. The lowest BCUT2D eigenvalue weighted by atomic mass is 10.3. The van der Waals surface area contributed by atoms with Gasteiger partial charge in [0, 0.05) is 13.1 Å². The predicted octanol–water partition coefficient (Wildman–Crippen LogP) is 0.0295. The highest BCUT2D eigenvalue weighted by molar-refractivity contribution is 5.31. The van der Waals surface area contributed by atoms with Gasteiger partial charge in [0.15, 0.2) is 0 Å². The van der Waals surface area contributed by atoms with Crippen LogP contribution in [0.25, 0.3) is 5.69 Å². The van der Waals surface area contributed by atoms with Crippen molar-refractivity contribution in [3.05, 3.63) is 30.3 Å². The Bertz CT molecular complexity index is 510. The Morgan fingerprint density at radius 3 is 3.05 bits per heavy atom. The Morgan fingerprint density at radius 2 is 2.26 bits per heavy atom. The van der Waals surface area contributed by atoms with Crippen LogP contribution >= 0.6 is 0 Å². The summed E-state index contributed by atoms with van der Waals surface area (Å²) in [6, 6.07) is 10.0. The molecule has 3 rings (SSSR count). The molecule has 100 valence electrons. The SMILES string of the molecule is c1ccc(-n2nnnc2OCC2CNCCO2)cc1. The quantitative estimate of drug-likeness (QED) is 0.837. The summed E-state index contributed by atoms with van der Waals surface area (Å²) in [4.78, 5) is 0. The first-order chi connectivity index (χ1) is 9.43. The van der Waals surface area contributed by atoms with Crippen molar-refractivity contribution in [3.8, 4) is 11.7 Å². The van der Waals surface area contributed by atoms with Gasteiger partial charge in [-0.3, -0.25) is 0 Å². The van der Waals surface area contributed by atoms with Gasteiger partial charge < -0.3 is 14.8 Å². The number of para-hydroxylation sites is 1. The largest absolute Gasteiger partial charge is 0.459 e. The van der Waals surface area contributed by atoms with Crippen LogP contribution in [0.1, 0.15) is 0 Å². The van der Waals surface area contributed by atoms with Crippen LogP contribution in [0.5, 0.6) is 6.01 Å². The third kappa shape index (κ3) is 2.88. The van der Waals surface area contributed by atoms with Crippen molar-refractivity contribution >= 4 is 0 Å². The number of tetrazole rings is 1. The molecule has 0 bridgehead atoms. The van der Waals surface area contributed by atoms with Gasteiger partial charge in [-0.05, 0) is 22.6 Å². The number of hydrogen-bond donors (Lipinski definition) is 1. The molecule has 0 spiro atoms. The summed E-state index contributed by atoms with van der Waals surface area (Å²) in [7, 11) is 0. The Kier molecular flexibility index (Phi) is 3.66. The summed E-state index contributed by atoms with van der Waals surface area (Å²) < 4.78 is 12.8. The topological polar surface area (TPSA) is 74.1 Å². The summed E-state index contributed by atoms with van der Waals surface area (Å²) in [6.45, 7) is 2.81. The molecule has 1 atom stereocenters. The summed E-state index contributed by atoms with van der Waals surface area (Å²) >= 11 is 0. The van der Waals surface area contributed by atoms with E-state index in [2.05, 4.69) is 20.8 Å². The van der Waals surface area contributed by atoms with Gasteiger partial charge in [0.25, 0.3) is 0 Å². The van der Waals surface area contributed by atoms with Crippen LogP contribution in [-0.2, 0) is 4.74 Å². The first-order valence-corrected chi connectivity index (χ1v) is 6.22. The van der Waals surface area contributed by atoms with Crippen LogP contribution < -0.4 is 10.1 Å². The first-order valence-electron chi connectivity index (χ1n) is 6.22. The van der Waals surface area contributed by atoms with E-state index in [4.69, 9.17) is 9.47 Å². The molecule has 1 aromatic heterocycles. The molecule has 1 fully saturated rings. The molecule has 0 aliphatic carbocycles. The maximum absolute atomic E-state index is 5.63. The van der Waals surface area contributed by atoms with E-state index in [1.54, 1.807) is 4.68 Å². The van der Waals surface area contributed by atoms with E-state index >= 15 is 0 Å². The Labute approximate surface area is 110 Å². The van der Waals surface area contributed by atoms with Gasteiger partial charge in [0.1, 0.15) is 12.7 Å². The second kappa shape index (κ2) is 5.77. The molecule has 0 radical (unpaired) electrons. The second-order valence-electron chi connectivity index (χ2n) is 4.22. The monoisotopic (exact) mass is 261 g/mol. The normalized spacial score (nSPS) is 19.3. The van der Waals surface area contributed by atoms with Gasteiger partial charge in [0.2, 0.25) is 0 Å². The average Bonchev–Trinajstić information content (AvgIpc) is 2.95. The van der Waals surface area contributed by atoms with Crippen molar-refractivity contribution in [3.63, 3.8) is 0 Å². The molecule has 7 nitrogen and oxygen atoms in total. The summed E-state index contributed by atoms with van der Waals surface area (Å²) in [6.07, 6.45) is 0.0367. The van der Waals surface area contributed by atoms with Crippen molar-refractivity contribution in [1.29, 1.82) is 0 Å². The van der Waals surface area contributed by atoms with E-state index < -0.39 is 0 Å². The zero-order chi connectivity index (χ0) is 12.9. The number of benzene rings is 1. The minimum atomic E-state index is 0.0367. The van der Waals surface area contributed by atoms with Gasteiger partial charge in [-0.25, -0.2) is 0 Å². The maximum Gasteiger partial charge on any atom is 0.340 e. The second-order valence-corrected chi connectivity index (χ2v) is 4.22. The molecule has 19 heavy (non-hydrogen) atoms. The van der Waals surface area contributed by atoms with Gasteiger partial charge in [-0.2, -0.15) is 4.68 Å². The highest BCUT2D eigenvalue weighted by Crippen LogP contribution is 2.13. The first kappa shape index (κ1) is 12.1. The third-order valence-corrected chi connectivity index (χ3v) is 2.84. The number of ether oxygens (including phenoxy) is 2. The van der Waals surface area contributed by atoms with Crippen molar-refractivity contribution in [1.82, 2.24) is 25.5 Å². The Balaban J connectivity index is 1.67. The molecule has 0 saturated carbocycles. The lowest BCUT2D eigenvalue weighted by Gasteiger charge is -2.23. The Hall–Kier alpha value is -1.99. The predicted molar refractivity (Wildman–Crippen MR) is 67.3 cm³/mol. The van der Waals surface area contributed by atoms with Crippen LogP contribution in [0.15, 0.2) is 30.3 Å². The van der Waals surface area contributed by atoms with E-state index in [-0.39, 0.29) is 6.10 Å². The van der Waals surface area contributed by atoms with Crippen molar-refractivity contribution in [2.24, 2.45) is 0 Å². The van der Waals surface area contributed by atoms with E-state index in [0.717, 1.165) is 18.8 Å². The standard InChI is InChI=1S/C12H15N5O2/c1-2-4-10(5-3-1)17-12(14-15-16-17)19-9-11-8-13-6-7-18-11/h1-5,11,13H,6-9H2. The van der Waals surface area contributed by atoms with Gasteiger partial charge in [0.05, 0.1) is 12.3 Å². The smallest absolute Gasteiger partial charge is 0.340 e. The van der Waals surface area contributed by atoms with Crippen molar-refractivity contribution in [2.75, 3.05) is 26.3 Å². The molecule has 1 unspecified atom stereocenters. The fraction of sp³-hybridized carbons (Fsp3) is 0.417. The minimum Gasteiger partial charge on any atom is -0.459 e. The summed E-state index contributed by atoms with van der Waals surface area (Å²) in [5.74, 6) is 0. The molecule has 0 amide bonds. The lowest BCUT2D eigenvalue weighted by Crippen LogP contribution is -2.41. The highest BCUT2D eigenvalue weighted by atomic mass is 16.5. The Morgan fingerprint density at radius 1 is 1.37 bits per heavy atom. The molecule has 1 saturated heterocycles. The van der Waals surface area contributed by atoms with Crippen LogP contribution in [-0.4, -0.2) is 52.6 Å². The lowest BCUT2D eigenvalue weighted by molar-refractivity contribution is -0.00229. The average molecular weight is 261 g/mol. The fourth-order valence-corrected chi connectivity index (χ4v) is 1.89. The summed E-state index contributed by atoms with van der Waals surface area (Å²) in [5.41, 5.74) is 0.866. The number of morpholine rings is 1. The molecule has 2 aromatic rings. The van der Waals surface area contributed by atoms with Crippen LogP contribution in [0.4, 0.5) is 0 Å². The zero-order valence-corrected chi connectivity index (χ0v) is 10.4. The van der Waals surface area contributed by atoms with Crippen molar-refractivity contribution < 1.29 is 9.47 Å². The number of hydrogen-bond acceptors (Lipinski definition) is 6. The number of aromatic nitrogens is 4.